The zero-order chi connectivity index (χ0) is 12.1. The van der Waals surface area contributed by atoms with Crippen LogP contribution in [-0.2, 0) is 0 Å². The lowest BCUT2D eigenvalue weighted by molar-refractivity contribution is 0.222. The maximum absolute atomic E-state index is 3.70. The largest absolute Gasteiger partial charge is 0.309 e. The van der Waals surface area contributed by atoms with Crippen LogP contribution in [0.5, 0.6) is 0 Å². The first-order valence-corrected chi connectivity index (χ1v) is 7.99. The average molecular weight is 251 g/mol. The van der Waals surface area contributed by atoms with Gasteiger partial charge in [0.15, 0.2) is 0 Å². The van der Waals surface area contributed by atoms with Gasteiger partial charge in [0.25, 0.3) is 0 Å². The van der Waals surface area contributed by atoms with Gasteiger partial charge in [-0.25, -0.2) is 0 Å². The maximum atomic E-state index is 3.70. The Labute approximate surface area is 110 Å². The van der Waals surface area contributed by atoms with E-state index in [4.69, 9.17) is 0 Å². The fraction of sp³-hybridized carbons (Fsp3) is 0.733. The summed E-state index contributed by atoms with van der Waals surface area (Å²) in [5, 5.41) is 5.90. The number of hydrogen-bond acceptors (Lipinski definition) is 2. The molecule has 0 aromatic carbocycles. The topological polar surface area (TPSA) is 12.0 Å². The predicted octanol–water partition coefficient (Wildman–Crippen LogP) is 4.62. The number of rotatable bonds is 5. The first-order chi connectivity index (χ1) is 8.35. The molecule has 0 bridgehead atoms. The summed E-state index contributed by atoms with van der Waals surface area (Å²) in [6.45, 7) is 5.64. The molecule has 1 N–H and O–H groups in total. The van der Waals surface area contributed by atoms with Crippen LogP contribution in [0.15, 0.2) is 17.5 Å². The zero-order valence-electron chi connectivity index (χ0n) is 11.1. The summed E-state index contributed by atoms with van der Waals surface area (Å²) in [5.41, 5.74) is 0. The van der Waals surface area contributed by atoms with Gasteiger partial charge in [0.05, 0.1) is 0 Å². The van der Waals surface area contributed by atoms with E-state index >= 15 is 0 Å². The van der Waals surface area contributed by atoms with Crippen LogP contribution in [-0.4, -0.2) is 6.54 Å². The number of thiophene rings is 1. The molecule has 1 fully saturated rings. The summed E-state index contributed by atoms with van der Waals surface area (Å²) in [6, 6.07) is 5.09. The summed E-state index contributed by atoms with van der Waals surface area (Å²) < 4.78 is 0. The van der Waals surface area contributed by atoms with Gasteiger partial charge in [-0.15, -0.1) is 11.3 Å². The minimum atomic E-state index is 0.609. The molecule has 1 aromatic rings. The highest BCUT2D eigenvalue weighted by molar-refractivity contribution is 7.10. The third-order valence-corrected chi connectivity index (χ3v) is 5.17. The van der Waals surface area contributed by atoms with Crippen LogP contribution in [0.2, 0.25) is 0 Å². The molecular weight excluding hydrogens is 226 g/mol. The van der Waals surface area contributed by atoms with Gasteiger partial charge in [-0.3, -0.25) is 0 Å². The molecule has 2 rings (SSSR count). The smallest absolute Gasteiger partial charge is 0.0443 e. The van der Waals surface area contributed by atoms with Gasteiger partial charge < -0.3 is 5.32 Å². The average Bonchev–Trinajstić information content (AvgIpc) is 2.90. The van der Waals surface area contributed by atoms with Crippen molar-refractivity contribution in [1.82, 2.24) is 5.32 Å². The van der Waals surface area contributed by atoms with Crippen molar-refractivity contribution in [3.8, 4) is 0 Å². The molecule has 1 atom stereocenters. The summed E-state index contributed by atoms with van der Waals surface area (Å²) >= 11 is 1.91. The molecule has 96 valence electrons. The third kappa shape index (κ3) is 3.32. The van der Waals surface area contributed by atoms with Crippen LogP contribution < -0.4 is 5.32 Å². The zero-order valence-corrected chi connectivity index (χ0v) is 11.9. The second-order valence-corrected chi connectivity index (χ2v) is 6.22. The van der Waals surface area contributed by atoms with E-state index in [0.29, 0.717) is 6.04 Å². The minimum absolute atomic E-state index is 0.609. The standard InChI is InChI=1S/C15H25NS/c1-3-12-7-9-13(10-8-12)15(16-4-2)14-6-5-11-17-14/h5-6,11-13,15-16H,3-4,7-10H2,1-2H3. The molecule has 1 nitrogen and oxygen atoms in total. The van der Waals surface area contributed by atoms with Gasteiger partial charge in [-0.1, -0.05) is 39.2 Å². The number of hydrogen-bond donors (Lipinski definition) is 1. The van der Waals surface area contributed by atoms with Crippen LogP contribution in [0.1, 0.15) is 56.9 Å². The van der Waals surface area contributed by atoms with E-state index in [1.807, 2.05) is 11.3 Å². The van der Waals surface area contributed by atoms with Crippen molar-refractivity contribution in [2.45, 2.75) is 52.0 Å². The minimum Gasteiger partial charge on any atom is -0.309 e. The molecule has 1 saturated carbocycles. The fourth-order valence-corrected chi connectivity index (χ4v) is 4.01. The lowest BCUT2D eigenvalue weighted by Gasteiger charge is -2.33. The molecule has 0 amide bonds. The van der Waals surface area contributed by atoms with Gasteiger partial charge in [0, 0.05) is 10.9 Å². The Hall–Kier alpha value is -0.340. The van der Waals surface area contributed by atoms with Crippen molar-refractivity contribution < 1.29 is 0 Å². The first-order valence-electron chi connectivity index (χ1n) is 7.11. The molecule has 1 heterocycles. The van der Waals surface area contributed by atoms with E-state index in [-0.39, 0.29) is 0 Å². The van der Waals surface area contributed by atoms with Crippen molar-refractivity contribution in [3.63, 3.8) is 0 Å². The van der Waals surface area contributed by atoms with E-state index in [2.05, 4.69) is 36.7 Å². The molecule has 1 unspecified atom stereocenters. The second-order valence-electron chi connectivity index (χ2n) is 5.24. The van der Waals surface area contributed by atoms with Crippen molar-refractivity contribution in [2.24, 2.45) is 11.8 Å². The normalized spacial score (nSPS) is 26.9. The van der Waals surface area contributed by atoms with Crippen LogP contribution in [0, 0.1) is 11.8 Å². The van der Waals surface area contributed by atoms with Gasteiger partial charge in [0.2, 0.25) is 0 Å². The van der Waals surface area contributed by atoms with Gasteiger partial charge in [-0.2, -0.15) is 0 Å². The predicted molar refractivity (Wildman–Crippen MR) is 76.5 cm³/mol. The molecule has 1 aromatic heterocycles. The summed E-state index contributed by atoms with van der Waals surface area (Å²) in [5.74, 6) is 1.85. The van der Waals surface area contributed by atoms with E-state index in [9.17, 15) is 0 Å². The van der Waals surface area contributed by atoms with Crippen molar-refractivity contribution >= 4 is 11.3 Å². The maximum Gasteiger partial charge on any atom is 0.0443 e. The van der Waals surface area contributed by atoms with E-state index in [1.54, 1.807) is 0 Å². The molecule has 1 aliphatic rings. The first kappa shape index (κ1) is 13.1. The number of nitrogens with one attached hydrogen (secondary N) is 1. The Bertz CT molecular complexity index is 299. The van der Waals surface area contributed by atoms with Crippen molar-refractivity contribution in [3.05, 3.63) is 22.4 Å². The molecule has 0 aliphatic heterocycles. The Morgan fingerprint density at radius 1 is 1.29 bits per heavy atom. The third-order valence-electron chi connectivity index (χ3n) is 4.21. The Morgan fingerprint density at radius 3 is 2.59 bits per heavy atom. The Morgan fingerprint density at radius 2 is 2.06 bits per heavy atom. The van der Waals surface area contributed by atoms with Crippen LogP contribution in [0.25, 0.3) is 0 Å². The summed E-state index contributed by atoms with van der Waals surface area (Å²) in [6.07, 6.45) is 7.07. The summed E-state index contributed by atoms with van der Waals surface area (Å²) in [4.78, 5) is 1.53. The van der Waals surface area contributed by atoms with Crippen LogP contribution >= 0.6 is 11.3 Å². The fourth-order valence-electron chi connectivity index (χ4n) is 3.12. The molecule has 0 spiro atoms. The lowest BCUT2D eigenvalue weighted by atomic mass is 9.77. The SMILES string of the molecule is CCNC(c1cccs1)C1CCC(CC)CC1. The van der Waals surface area contributed by atoms with E-state index in [1.165, 1.54) is 37.0 Å². The van der Waals surface area contributed by atoms with Crippen LogP contribution in [0.4, 0.5) is 0 Å². The summed E-state index contributed by atoms with van der Waals surface area (Å²) in [7, 11) is 0. The van der Waals surface area contributed by atoms with Gasteiger partial charge in [0.1, 0.15) is 0 Å². The molecule has 17 heavy (non-hydrogen) atoms. The highest BCUT2D eigenvalue weighted by Gasteiger charge is 2.27. The highest BCUT2D eigenvalue weighted by atomic mass is 32.1. The molecule has 0 saturated heterocycles. The molecule has 0 radical (unpaired) electrons. The van der Waals surface area contributed by atoms with Gasteiger partial charge in [-0.05, 0) is 42.7 Å². The molecule has 2 heteroatoms. The molecular formula is C15H25NS. The van der Waals surface area contributed by atoms with Crippen molar-refractivity contribution in [1.29, 1.82) is 0 Å². The highest BCUT2D eigenvalue weighted by Crippen LogP contribution is 2.38. The lowest BCUT2D eigenvalue weighted by Crippen LogP contribution is -2.30. The molecule has 1 aliphatic carbocycles. The van der Waals surface area contributed by atoms with Gasteiger partial charge >= 0.3 is 0 Å². The van der Waals surface area contributed by atoms with Crippen LogP contribution in [0.3, 0.4) is 0 Å². The second kappa shape index (κ2) is 6.55. The van der Waals surface area contributed by atoms with E-state index in [0.717, 1.165) is 18.4 Å². The monoisotopic (exact) mass is 251 g/mol. The quantitative estimate of drug-likeness (QED) is 0.805. The Balaban J connectivity index is 1.98. The Kier molecular flexibility index (Phi) is 5.05. The van der Waals surface area contributed by atoms with Crippen molar-refractivity contribution in [2.75, 3.05) is 6.54 Å². The van der Waals surface area contributed by atoms with E-state index < -0.39 is 0 Å².